The van der Waals surface area contributed by atoms with Crippen molar-refractivity contribution in [2.45, 2.75) is 35.3 Å². The molecule has 3 heterocycles. The summed E-state index contributed by atoms with van der Waals surface area (Å²) in [6.45, 7) is 1.70. The Hall–Kier alpha value is -0.0100. The summed E-state index contributed by atoms with van der Waals surface area (Å²) in [7, 11) is 0. The SMILES string of the molecule is C/C(Cl)=C\CON1C(=O)[C@@H]2[C@H]3O[C@@H]([C@@H]2C1=O)[C@H]1[C@H]3[C@@]2(Cl)C[C@@]1(Cl)C(Cl)=C2Cl. The number of nitrogens with zero attached hydrogens (tertiary/aromatic N) is 1. The van der Waals surface area contributed by atoms with Crippen molar-refractivity contribution in [1.29, 1.82) is 0 Å². The first-order valence-corrected chi connectivity index (χ1v) is 10.4. The van der Waals surface area contributed by atoms with E-state index in [1.165, 1.54) is 0 Å². The number of rotatable bonds is 3. The highest BCUT2D eigenvalue weighted by Gasteiger charge is 2.82. The van der Waals surface area contributed by atoms with Crippen molar-refractivity contribution in [3.05, 3.63) is 21.2 Å². The third-order valence-corrected chi connectivity index (χ3v) is 9.18. The highest BCUT2D eigenvalue weighted by Crippen LogP contribution is 2.75. The molecule has 5 nitrogen and oxygen atoms in total. The van der Waals surface area contributed by atoms with E-state index < -0.39 is 45.6 Å². The first-order chi connectivity index (χ1) is 12.6. The molecule has 5 rings (SSSR count). The fraction of sp³-hybridized carbons (Fsp3) is 0.647. The van der Waals surface area contributed by atoms with E-state index in [4.69, 9.17) is 67.6 Å². The maximum atomic E-state index is 12.9. The summed E-state index contributed by atoms with van der Waals surface area (Å²) in [4.78, 5) is 29.2. The average Bonchev–Trinajstić information content (AvgIpc) is 3.32. The number of hydrogen-bond acceptors (Lipinski definition) is 4. The fourth-order valence-corrected chi connectivity index (χ4v) is 7.70. The van der Waals surface area contributed by atoms with Crippen LogP contribution in [0.1, 0.15) is 13.3 Å². The molecule has 0 unspecified atom stereocenters. The van der Waals surface area contributed by atoms with Gasteiger partial charge in [0.1, 0.15) is 0 Å². The van der Waals surface area contributed by atoms with Gasteiger partial charge in [0.05, 0.1) is 50.5 Å². The van der Waals surface area contributed by atoms with Crippen molar-refractivity contribution in [1.82, 2.24) is 5.06 Å². The molecule has 0 N–H and O–H groups in total. The maximum absolute atomic E-state index is 12.9. The number of imide groups is 1. The number of halogens is 5. The highest BCUT2D eigenvalue weighted by molar-refractivity contribution is 6.51. The predicted octanol–water partition coefficient (Wildman–Crippen LogP) is 3.74. The van der Waals surface area contributed by atoms with E-state index >= 15 is 0 Å². The van der Waals surface area contributed by atoms with Crippen LogP contribution in [0.5, 0.6) is 0 Å². The first-order valence-electron chi connectivity index (χ1n) is 8.55. The molecule has 10 heteroatoms. The van der Waals surface area contributed by atoms with Crippen molar-refractivity contribution in [2.75, 3.05) is 6.61 Å². The topological polar surface area (TPSA) is 55.8 Å². The molecule has 0 radical (unpaired) electrons. The summed E-state index contributed by atoms with van der Waals surface area (Å²) in [6, 6.07) is 0. The van der Waals surface area contributed by atoms with Crippen LogP contribution in [0, 0.1) is 23.7 Å². The molecule has 1 saturated carbocycles. The van der Waals surface area contributed by atoms with E-state index in [1.54, 1.807) is 13.0 Å². The number of amides is 2. The third-order valence-electron chi connectivity index (χ3n) is 6.54. The lowest BCUT2D eigenvalue weighted by molar-refractivity contribution is -0.189. The smallest absolute Gasteiger partial charge is 0.260 e. The summed E-state index contributed by atoms with van der Waals surface area (Å²) < 4.78 is 6.08. The van der Waals surface area contributed by atoms with Crippen molar-refractivity contribution >= 4 is 69.8 Å². The lowest BCUT2D eigenvalue weighted by Gasteiger charge is -2.40. The van der Waals surface area contributed by atoms with Gasteiger partial charge in [0.15, 0.2) is 0 Å². The van der Waals surface area contributed by atoms with Crippen LogP contribution in [0.25, 0.3) is 0 Å². The second kappa shape index (κ2) is 5.78. The maximum Gasteiger partial charge on any atom is 0.260 e. The van der Waals surface area contributed by atoms with Gasteiger partial charge in [-0.05, 0) is 19.4 Å². The van der Waals surface area contributed by atoms with Gasteiger partial charge < -0.3 is 4.74 Å². The summed E-state index contributed by atoms with van der Waals surface area (Å²) in [5, 5.41) is 1.98. The minimum Gasteiger partial charge on any atom is -0.373 e. The van der Waals surface area contributed by atoms with Crippen LogP contribution in [0.4, 0.5) is 0 Å². The minimum atomic E-state index is -0.967. The third kappa shape index (κ3) is 2.12. The Balaban J connectivity index is 1.49. The quantitative estimate of drug-likeness (QED) is 0.463. The molecule has 0 aromatic rings. The molecule has 146 valence electrons. The molecule has 0 aromatic heterocycles. The van der Waals surface area contributed by atoms with Gasteiger partial charge in [-0.3, -0.25) is 14.4 Å². The standard InChI is InChI=1S/C17H14Cl5NO4/c1-5(18)2-3-26-23-14(24)6-7(15(23)25)11-9-8(10(6)27-11)16(21)4-17(9,22)13(20)12(16)19/h2,6-11H,3-4H2,1H3/b5-2+/t6-,7+,8-,9-,10+,11-,16+,17+/m1/s1. The van der Waals surface area contributed by atoms with Gasteiger partial charge in [-0.2, -0.15) is 5.06 Å². The van der Waals surface area contributed by atoms with Crippen LogP contribution >= 0.6 is 58.0 Å². The van der Waals surface area contributed by atoms with Gasteiger partial charge in [0, 0.05) is 16.9 Å². The molecule has 0 spiro atoms. The lowest BCUT2D eigenvalue weighted by Crippen LogP contribution is -2.50. The molecular weight excluding hydrogens is 459 g/mol. The number of hydrogen-bond donors (Lipinski definition) is 0. The van der Waals surface area contributed by atoms with Crippen molar-refractivity contribution in [2.24, 2.45) is 23.7 Å². The Labute approximate surface area is 180 Å². The average molecular weight is 474 g/mol. The van der Waals surface area contributed by atoms with E-state index in [2.05, 4.69) is 0 Å². The largest absolute Gasteiger partial charge is 0.373 e. The van der Waals surface area contributed by atoms with Crippen LogP contribution in [0.3, 0.4) is 0 Å². The summed E-state index contributed by atoms with van der Waals surface area (Å²) in [5.41, 5.74) is 0. The van der Waals surface area contributed by atoms with Crippen LogP contribution in [-0.4, -0.2) is 45.4 Å². The van der Waals surface area contributed by atoms with Gasteiger partial charge in [-0.15, -0.1) is 23.2 Å². The summed E-state index contributed by atoms with van der Waals surface area (Å²) in [5.74, 6) is -2.70. The van der Waals surface area contributed by atoms with Gasteiger partial charge >= 0.3 is 0 Å². The number of ether oxygens (including phenoxy) is 1. The lowest BCUT2D eigenvalue weighted by atomic mass is 9.65. The van der Waals surface area contributed by atoms with Gasteiger partial charge in [-0.25, -0.2) is 0 Å². The Bertz CT molecular complexity index is 787. The van der Waals surface area contributed by atoms with Crippen molar-refractivity contribution in [3.63, 3.8) is 0 Å². The zero-order valence-corrected chi connectivity index (χ0v) is 17.7. The molecule has 8 atom stereocenters. The van der Waals surface area contributed by atoms with Gasteiger partial charge in [-0.1, -0.05) is 34.8 Å². The zero-order chi connectivity index (χ0) is 19.5. The molecule has 3 aliphatic heterocycles. The van der Waals surface area contributed by atoms with Crippen LogP contribution in [0.15, 0.2) is 21.2 Å². The van der Waals surface area contributed by atoms with Gasteiger partial charge in [0.25, 0.3) is 11.8 Å². The summed E-state index contributed by atoms with van der Waals surface area (Å²) >= 11 is 32.3. The molecule has 4 bridgehead atoms. The highest BCUT2D eigenvalue weighted by atomic mass is 35.5. The first kappa shape index (κ1) is 19.0. The minimum absolute atomic E-state index is 0.0212. The van der Waals surface area contributed by atoms with Crippen molar-refractivity contribution < 1.29 is 19.2 Å². The van der Waals surface area contributed by atoms with E-state index in [1.807, 2.05) is 0 Å². The number of carbonyl (C=O) groups is 2. The van der Waals surface area contributed by atoms with Crippen molar-refractivity contribution in [3.8, 4) is 0 Å². The molecule has 0 aromatic carbocycles. The fourth-order valence-electron chi connectivity index (χ4n) is 5.62. The molecule has 2 amide bonds. The predicted molar refractivity (Wildman–Crippen MR) is 101 cm³/mol. The number of carbonyl (C=O) groups excluding carboxylic acids is 2. The second-order valence-electron chi connectivity index (χ2n) is 7.76. The Kier molecular flexibility index (Phi) is 4.06. The number of alkyl halides is 2. The molecule has 3 saturated heterocycles. The van der Waals surface area contributed by atoms with E-state index in [9.17, 15) is 9.59 Å². The van der Waals surface area contributed by atoms with Crippen LogP contribution in [-0.2, 0) is 19.2 Å². The van der Waals surface area contributed by atoms with Gasteiger partial charge in [0.2, 0.25) is 0 Å². The van der Waals surface area contributed by atoms with E-state index in [0.29, 0.717) is 21.5 Å². The van der Waals surface area contributed by atoms with Crippen LogP contribution < -0.4 is 0 Å². The zero-order valence-electron chi connectivity index (χ0n) is 13.9. The Morgan fingerprint density at radius 2 is 1.63 bits per heavy atom. The number of hydroxylamine groups is 2. The monoisotopic (exact) mass is 471 g/mol. The molecular formula is C17H14Cl5NO4. The molecule has 5 aliphatic rings. The molecule has 4 fully saturated rings. The molecule has 27 heavy (non-hydrogen) atoms. The Morgan fingerprint density at radius 1 is 1.15 bits per heavy atom. The summed E-state index contributed by atoms with van der Waals surface area (Å²) in [6.07, 6.45) is 0.851. The number of allylic oxidation sites excluding steroid dienone is 3. The van der Waals surface area contributed by atoms with E-state index in [-0.39, 0.29) is 18.4 Å². The number of fused-ring (bicyclic) bond motifs is 12. The normalized spacial score (nSPS) is 50.3. The van der Waals surface area contributed by atoms with Crippen LogP contribution in [0.2, 0.25) is 0 Å². The van der Waals surface area contributed by atoms with E-state index in [0.717, 1.165) is 5.06 Å². The molecule has 2 aliphatic carbocycles. The Morgan fingerprint density at radius 3 is 2.07 bits per heavy atom. The second-order valence-corrected chi connectivity index (χ2v) is 10.5.